The highest BCUT2D eigenvalue weighted by Crippen LogP contribution is 2.44. The Morgan fingerprint density at radius 3 is 2.24 bits per heavy atom. The minimum atomic E-state index is -0.922. The molecule has 0 spiro atoms. The zero-order valence-corrected chi connectivity index (χ0v) is 23.8. The second-order valence-corrected chi connectivity index (χ2v) is 11.5. The minimum Gasteiger partial charge on any atom is -0.481 e. The van der Waals surface area contributed by atoms with Crippen molar-refractivity contribution in [2.24, 2.45) is 0 Å². The SMILES string of the molecule is CC(C)(C)OC(=O)N1CCc2cccc(CN(CCCC(=O)O)C(=O)OCC3c4ccccc4-c4ccccc43)c21. The van der Waals surface area contributed by atoms with Crippen LogP contribution in [0.15, 0.2) is 66.7 Å². The molecule has 0 saturated carbocycles. The lowest BCUT2D eigenvalue weighted by atomic mass is 9.98. The molecule has 1 aliphatic carbocycles. The molecule has 8 heteroatoms. The lowest BCUT2D eigenvalue weighted by Gasteiger charge is -2.28. The largest absolute Gasteiger partial charge is 0.481 e. The number of carbonyl (C=O) groups excluding carboxylic acids is 2. The van der Waals surface area contributed by atoms with E-state index in [9.17, 15) is 19.5 Å². The first-order valence-corrected chi connectivity index (χ1v) is 14.1. The van der Waals surface area contributed by atoms with E-state index in [2.05, 4.69) is 24.3 Å². The van der Waals surface area contributed by atoms with Gasteiger partial charge < -0.3 is 19.5 Å². The number of aliphatic carboxylic acids is 1. The smallest absolute Gasteiger partial charge is 0.414 e. The van der Waals surface area contributed by atoms with Gasteiger partial charge in [-0.05, 0) is 67.0 Å². The normalized spacial score (nSPS) is 13.8. The molecule has 0 bridgehead atoms. The van der Waals surface area contributed by atoms with Crippen molar-refractivity contribution in [1.29, 1.82) is 0 Å². The number of ether oxygens (including phenoxy) is 2. The predicted octanol–water partition coefficient (Wildman–Crippen LogP) is 6.60. The number of benzene rings is 3. The Balaban J connectivity index is 1.36. The van der Waals surface area contributed by atoms with Gasteiger partial charge in [-0.25, -0.2) is 9.59 Å². The van der Waals surface area contributed by atoms with Crippen LogP contribution in [0.3, 0.4) is 0 Å². The van der Waals surface area contributed by atoms with Crippen molar-refractivity contribution in [2.45, 2.75) is 58.1 Å². The number of fused-ring (bicyclic) bond motifs is 4. The lowest BCUT2D eigenvalue weighted by molar-refractivity contribution is -0.137. The van der Waals surface area contributed by atoms with E-state index in [0.29, 0.717) is 13.0 Å². The van der Waals surface area contributed by atoms with Gasteiger partial charge in [-0.3, -0.25) is 9.69 Å². The van der Waals surface area contributed by atoms with Crippen molar-refractivity contribution in [3.05, 3.63) is 89.0 Å². The van der Waals surface area contributed by atoms with E-state index in [1.807, 2.05) is 63.2 Å². The number of nitrogens with zero attached hydrogens (tertiary/aromatic N) is 2. The first-order chi connectivity index (χ1) is 19.6. The Morgan fingerprint density at radius 2 is 1.61 bits per heavy atom. The summed E-state index contributed by atoms with van der Waals surface area (Å²) in [4.78, 5) is 41.0. The maximum Gasteiger partial charge on any atom is 0.414 e. The molecule has 0 saturated heterocycles. The molecule has 2 aliphatic rings. The van der Waals surface area contributed by atoms with Crippen LogP contribution in [0.2, 0.25) is 0 Å². The topological polar surface area (TPSA) is 96.4 Å². The molecular weight excluding hydrogens is 520 g/mol. The molecule has 41 heavy (non-hydrogen) atoms. The van der Waals surface area contributed by atoms with E-state index in [0.717, 1.165) is 39.1 Å². The van der Waals surface area contributed by atoms with Gasteiger partial charge in [0.1, 0.15) is 12.2 Å². The summed E-state index contributed by atoms with van der Waals surface area (Å²) in [5.41, 5.74) is 6.42. The first kappa shape index (κ1) is 28.2. The van der Waals surface area contributed by atoms with Crippen molar-refractivity contribution < 1.29 is 29.0 Å². The maximum atomic E-state index is 13.6. The summed E-state index contributed by atoms with van der Waals surface area (Å²) in [5, 5.41) is 9.21. The summed E-state index contributed by atoms with van der Waals surface area (Å²) in [6.45, 7) is 6.53. The molecule has 214 valence electrons. The van der Waals surface area contributed by atoms with Crippen LogP contribution in [0, 0.1) is 0 Å². The standard InChI is InChI=1S/C33H36N2O6/c1-33(2,3)41-32(39)35-19-17-22-10-8-11-23(30(22)35)20-34(18-9-16-29(36)37)31(38)40-21-28-26-14-6-4-12-24(26)25-13-5-7-15-27(25)28/h4-8,10-15,28H,9,16-21H2,1-3H3,(H,36,37). The van der Waals surface area contributed by atoms with Gasteiger partial charge in [0.25, 0.3) is 0 Å². The number of para-hydroxylation sites is 1. The molecule has 0 atom stereocenters. The molecule has 0 radical (unpaired) electrons. The van der Waals surface area contributed by atoms with Crippen molar-refractivity contribution >= 4 is 23.8 Å². The number of anilines is 1. The maximum absolute atomic E-state index is 13.6. The van der Waals surface area contributed by atoms with Crippen LogP contribution in [0.4, 0.5) is 15.3 Å². The minimum absolute atomic E-state index is 0.0654. The fourth-order valence-electron chi connectivity index (χ4n) is 5.71. The highest BCUT2D eigenvalue weighted by atomic mass is 16.6. The first-order valence-electron chi connectivity index (χ1n) is 14.1. The van der Waals surface area contributed by atoms with Gasteiger partial charge in [-0.15, -0.1) is 0 Å². The highest BCUT2D eigenvalue weighted by molar-refractivity contribution is 5.92. The third kappa shape index (κ3) is 6.21. The van der Waals surface area contributed by atoms with Crippen LogP contribution in [-0.4, -0.2) is 53.5 Å². The molecule has 3 aromatic carbocycles. The fraction of sp³-hybridized carbons (Fsp3) is 0.364. The molecule has 1 N–H and O–H groups in total. The fourth-order valence-corrected chi connectivity index (χ4v) is 5.71. The van der Waals surface area contributed by atoms with Crippen LogP contribution in [0.5, 0.6) is 0 Å². The van der Waals surface area contributed by atoms with Crippen LogP contribution in [0.25, 0.3) is 11.1 Å². The third-order valence-corrected chi connectivity index (χ3v) is 7.47. The van der Waals surface area contributed by atoms with Crippen molar-refractivity contribution in [1.82, 2.24) is 4.90 Å². The van der Waals surface area contributed by atoms with E-state index in [4.69, 9.17) is 9.47 Å². The average molecular weight is 557 g/mol. The van der Waals surface area contributed by atoms with E-state index < -0.39 is 23.8 Å². The van der Waals surface area contributed by atoms with Crippen LogP contribution in [-0.2, 0) is 27.2 Å². The summed E-state index contributed by atoms with van der Waals surface area (Å²) in [6.07, 6.45) is -0.0419. The zero-order chi connectivity index (χ0) is 29.1. The Bertz CT molecular complexity index is 1410. The molecule has 1 aliphatic heterocycles. The Hall–Kier alpha value is -4.33. The van der Waals surface area contributed by atoms with Gasteiger partial charge in [-0.2, -0.15) is 0 Å². The second kappa shape index (κ2) is 11.6. The molecule has 8 nitrogen and oxygen atoms in total. The van der Waals surface area contributed by atoms with Gasteiger partial charge in [0.2, 0.25) is 0 Å². The number of rotatable bonds is 8. The zero-order valence-electron chi connectivity index (χ0n) is 23.8. The van der Waals surface area contributed by atoms with Gasteiger partial charge in [0.05, 0.1) is 12.2 Å². The number of carboxylic acids is 1. The van der Waals surface area contributed by atoms with Crippen molar-refractivity contribution in [3.8, 4) is 11.1 Å². The van der Waals surface area contributed by atoms with Crippen molar-refractivity contribution in [2.75, 3.05) is 24.6 Å². The highest BCUT2D eigenvalue weighted by Gasteiger charge is 2.33. The molecule has 5 rings (SSSR count). The predicted molar refractivity (Wildman–Crippen MR) is 156 cm³/mol. The molecule has 0 aromatic heterocycles. The number of hydrogen-bond acceptors (Lipinski definition) is 5. The van der Waals surface area contributed by atoms with Crippen LogP contribution < -0.4 is 4.90 Å². The number of hydrogen-bond donors (Lipinski definition) is 1. The molecule has 0 unspecified atom stereocenters. The van der Waals surface area contributed by atoms with Gasteiger partial charge in [-0.1, -0.05) is 66.7 Å². The average Bonchev–Trinajstić information content (AvgIpc) is 3.50. The lowest BCUT2D eigenvalue weighted by Crippen LogP contribution is -2.37. The summed E-state index contributed by atoms with van der Waals surface area (Å²) >= 11 is 0. The number of carboxylic acid groups (broad SMARTS) is 1. The van der Waals surface area contributed by atoms with E-state index in [1.165, 1.54) is 4.90 Å². The summed E-state index contributed by atoms with van der Waals surface area (Å²) < 4.78 is 11.6. The van der Waals surface area contributed by atoms with Crippen LogP contribution in [0.1, 0.15) is 61.8 Å². The monoisotopic (exact) mass is 556 g/mol. The number of amides is 2. The molecule has 3 aromatic rings. The Morgan fingerprint density at radius 1 is 0.951 bits per heavy atom. The Labute approximate surface area is 240 Å². The summed E-state index contributed by atoms with van der Waals surface area (Å²) in [6, 6.07) is 22.1. The van der Waals surface area contributed by atoms with Gasteiger partial charge >= 0.3 is 18.2 Å². The second-order valence-electron chi connectivity index (χ2n) is 11.5. The van der Waals surface area contributed by atoms with Gasteiger partial charge in [0, 0.05) is 25.4 Å². The quantitative estimate of drug-likeness (QED) is 0.336. The van der Waals surface area contributed by atoms with Crippen LogP contribution >= 0.6 is 0 Å². The molecule has 2 amide bonds. The van der Waals surface area contributed by atoms with E-state index in [1.54, 1.807) is 4.90 Å². The molecule has 0 fully saturated rings. The Kier molecular flexibility index (Phi) is 8.01. The molecule has 1 heterocycles. The van der Waals surface area contributed by atoms with E-state index in [-0.39, 0.29) is 38.5 Å². The summed E-state index contributed by atoms with van der Waals surface area (Å²) in [5.74, 6) is -1.01. The van der Waals surface area contributed by atoms with Crippen molar-refractivity contribution in [3.63, 3.8) is 0 Å². The summed E-state index contributed by atoms with van der Waals surface area (Å²) in [7, 11) is 0. The number of carbonyl (C=O) groups is 3. The van der Waals surface area contributed by atoms with Gasteiger partial charge in [0.15, 0.2) is 0 Å². The molecular formula is C33H36N2O6. The van der Waals surface area contributed by atoms with E-state index >= 15 is 0 Å². The third-order valence-electron chi connectivity index (χ3n) is 7.47.